The molecule has 1 unspecified atom stereocenters. The van der Waals surface area contributed by atoms with Crippen LogP contribution in [0.15, 0.2) is 0 Å². The summed E-state index contributed by atoms with van der Waals surface area (Å²) in [5.74, 6) is 0.805. The van der Waals surface area contributed by atoms with Crippen LogP contribution in [0.3, 0.4) is 0 Å². The molecule has 0 radical (unpaired) electrons. The van der Waals surface area contributed by atoms with Crippen LogP contribution in [0.25, 0.3) is 0 Å². The number of unbranched alkanes of at least 4 members (excludes halogenated alkanes) is 1. The van der Waals surface area contributed by atoms with E-state index in [0.29, 0.717) is 5.88 Å². The van der Waals surface area contributed by atoms with E-state index in [4.69, 9.17) is 16.9 Å². The third kappa shape index (κ3) is 4.64. The van der Waals surface area contributed by atoms with Gasteiger partial charge in [-0.25, -0.2) is 0 Å². The first-order chi connectivity index (χ1) is 4.85. The van der Waals surface area contributed by atoms with Crippen molar-refractivity contribution in [1.29, 1.82) is 5.26 Å². The van der Waals surface area contributed by atoms with Crippen molar-refractivity contribution in [3.63, 3.8) is 0 Å². The number of rotatable bonds is 5. The normalized spacial score (nSPS) is 12.5. The van der Waals surface area contributed by atoms with Gasteiger partial charge >= 0.3 is 0 Å². The topological polar surface area (TPSA) is 23.8 Å². The molecule has 0 amide bonds. The van der Waals surface area contributed by atoms with Crippen LogP contribution in [-0.4, -0.2) is 5.88 Å². The molecule has 0 aromatic rings. The Morgan fingerprint density at radius 3 is 2.60 bits per heavy atom. The SMILES string of the molecule is CCCCC(C#N)CCCl. The maximum atomic E-state index is 8.58. The second-order valence-electron chi connectivity index (χ2n) is 2.45. The molecule has 2 heteroatoms. The van der Waals surface area contributed by atoms with Gasteiger partial charge in [-0.05, 0) is 12.8 Å². The molecule has 1 nitrogen and oxygen atoms in total. The van der Waals surface area contributed by atoms with Crippen LogP contribution in [-0.2, 0) is 0 Å². The molecule has 0 aromatic carbocycles. The van der Waals surface area contributed by atoms with Crippen LogP contribution in [0, 0.1) is 17.2 Å². The van der Waals surface area contributed by atoms with Gasteiger partial charge in [-0.2, -0.15) is 5.26 Å². The van der Waals surface area contributed by atoms with Crippen LogP contribution in [0.1, 0.15) is 32.6 Å². The molecule has 10 heavy (non-hydrogen) atoms. The highest BCUT2D eigenvalue weighted by Crippen LogP contribution is 2.11. The molecule has 58 valence electrons. The molecular weight excluding hydrogens is 146 g/mol. The first kappa shape index (κ1) is 9.78. The summed E-state index contributed by atoms with van der Waals surface area (Å²) < 4.78 is 0. The molecule has 0 aliphatic rings. The standard InChI is InChI=1S/C8H14ClN/c1-2-3-4-8(7-10)5-6-9/h8H,2-6H2,1H3. The predicted molar refractivity (Wildman–Crippen MR) is 44.0 cm³/mol. The lowest BCUT2D eigenvalue weighted by Crippen LogP contribution is -1.97. The Hall–Kier alpha value is -0.220. The van der Waals surface area contributed by atoms with Gasteiger partial charge in [0.15, 0.2) is 0 Å². The average Bonchev–Trinajstić information content (AvgIpc) is 1.98. The molecule has 0 aliphatic carbocycles. The smallest absolute Gasteiger partial charge is 0.0656 e. The van der Waals surface area contributed by atoms with Gasteiger partial charge in [-0.3, -0.25) is 0 Å². The molecule has 0 bridgehead atoms. The number of hydrogen-bond acceptors (Lipinski definition) is 1. The van der Waals surface area contributed by atoms with E-state index >= 15 is 0 Å². The number of halogens is 1. The highest BCUT2D eigenvalue weighted by molar-refractivity contribution is 6.17. The zero-order valence-corrected chi connectivity index (χ0v) is 7.19. The first-order valence-corrected chi connectivity index (χ1v) is 4.34. The van der Waals surface area contributed by atoms with E-state index in [2.05, 4.69) is 13.0 Å². The molecule has 0 aromatic heterocycles. The van der Waals surface area contributed by atoms with Crippen LogP contribution in [0.5, 0.6) is 0 Å². The van der Waals surface area contributed by atoms with Crippen molar-refractivity contribution >= 4 is 11.6 Å². The van der Waals surface area contributed by atoms with Gasteiger partial charge in [0.2, 0.25) is 0 Å². The summed E-state index contributed by atoms with van der Waals surface area (Å²) >= 11 is 5.50. The van der Waals surface area contributed by atoms with Gasteiger partial charge in [0, 0.05) is 11.8 Å². The zero-order valence-electron chi connectivity index (χ0n) is 6.44. The van der Waals surface area contributed by atoms with Crippen LogP contribution in [0.4, 0.5) is 0 Å². The summed E-state index contributed by atoms with van der Waals surface area (Å²) in [7, 11) is 0. The minimum atomic E-state index is 0.192. The molecule has 1 atom stereocenters. The van der Waals surface area contributed by atoms with Crippen molar-refractivity contribution in [3.8, 4) is 6.07 Å². The number of hydrogen-bond donors (Lipinski definition) is 0. The minimum Gasteiger partial charge on any atom is -0.198 e. The Kier molecular flexibility index (Phi) is 6.74. The highest BCUT2D eigenvalue weighted by atomic mass is 35.5. The van der Waals surface area contributed by atoms with Crippen LogP contribution < -0.4 is 0 Å². The van der Waals surface area contributed by atoms with E-state index in [1.165, 1.54) is 6.42 Å². The van der Waals surface area contributed by atoms with Gasteiger partial charge < -0.3 is 0 Å². The molecule has 0 fully saturated rings. The summed E-state index contributed by atoms with van der Waals surface area (Å²) in [5, 5.41) is 8.58. The third-order valence-corrected chi connectivity index (χ3v) is 1.76. The van der Waals surface area contributed by atoms with Gasteiger partial charge in [0.1, 0.15) is 0 Å². The highest BCUT2D eigenvalue weighted by Gasteiger charge is 2.04. The molecule has 0 heterocycles. The van der Waals surface area contributed by atoms with E-state index in [0.717, 1.165) is 19.3 Å². The number of nitriles is 1. The quantitative estimate of drug-likeness (QED) is 0.566. The predicted octanol–water partition coefficient (Wildman–Crippen LogP) is 2.95. The van der Waals surface area contributed by atoms with Crippen molar-refractivity contribution in [2.45, 2.75) is 32.6 Å². The molecule has 0 aliphatic heterocycles. The van der Waals surface area contributed by atoms with Crippen molar-refractivity contribution < 1.29 is 0 Å². The maximum Gasteiger partial charge on any atom is 0.0656 e. The van der Waals surface area contributed by atoms with Crippen molar-refractivity contribution in [3.05, 3.63) is 0 Å². The number of alkyl halides is 1. The second-order valence-corrected chi connectivity index (χ2v) is 2.82. The van der Waals surface area contributed by atoms with Gasteiger partial charge in [-0.15, -0.1) is 11.6 Å². The molecule has 0 N–H and O–H groups in total. The Morgan fingerprint density at radius 2 is 2.20 bits per heavy atom. The van der Waals surface area contributed by atoms with Crippen LogP contribution >= 0.6 is 11.6 Å². The van der Waals surface area contributed by atoms with Crippen LogP contribution in [0.2, 0.25) is 0 Å². The molecule has 0 saturated heterocycles. The van der Waals surface area contributed by atoms with Gasteiger partial charge in [0.25, 0.3) is 0 Å². The Labute approximate surface area is 68.0 Å². The van der Waals surface area contributed by atoms with E-state index < -0.39 is 0 Å². The van der Waals surface area contributed by atoms with Crippen molar-refractivity contribution in [2.75, 3.05) is 5.88 Å². The summed E-state index contributed by atoms with van der Waals surface area (Å²) in [5.41, 5.74) is 0. The zero-order chi connectivity index (χ0) is 7.82. The van der Waals surface area contributed by atoms with Crippen molar-refractivity contribution in [1.82, 2.24) is 0 Å². The lowest BCUT2D eigenvalue weighted by molar-refractivity contribution is 0.553. The first-order valence-electron chi connectivity index (χ1n) is 3.80. The monoisotopic (exact) mass is 159 g/mol. The molecular formula is C8H14ClN. The molecule has 0 spiro atoms. The summed E-state index contributed by atoms with van der Waals surface area (Å²) in [6.07, 6.45) is 4.17. The summed E-state index contributed by atoms with van der Waals surface area (Å²) in [6, 6.07) is 2.25. The summed E-state index contributed by atoms with van der Waals surface area (Å²) in [4.78, 5) is 0. The maximum absolute atomic E-state index is 8.58. The Balaban J connectivity index is 3.33. The molecule has 0 rings (SSSR count). The van der Waals surface area contributed by atoms with E-state index in [9.17, 15) is 0 Å². The average molecular weight is 160 g/mol. The Morgan fingerprint density at radius 1 is 1.50 bits per heavy atom. The van der Waals surface area contributed by atoms with Gasteiger partial charge in [0.05, 0.1) is 6.07 Å². The minimum absolute atomic E-state index is 0.192. The Bertz CT molecular complexity index is 106. The van der Waals surface area contributed by atoms with E-state index in [1.54, 1.807) is 0 Å². The summed E-state index contributed by atoms with van der Waals surface area (Å²) in [6.45, 7) is 2.13. The lowest BCUT2D eigenvalue weighted by atomic mass is 10.0. The van der Waals surface area contributed by atoms with Crippen molar-refractivity contribution in [2.24, 2.45) is 5.92 Å². The largest absolute Gasteiger partial charge is 0.198 e. The lowest BCUT2D eigenvalue weighted by Gasteiger charge is -2.03. The van der Waals surface area contributed by atoms with E-state index in [-0.39, 0.29) is 5.92 Å². The second kappa shape index (κ2) is 6.89. The number of nitrogens with zero attached hydrogens (tertiary/aromatic N) is 1. The fourth-order valence-electron chi connectivity index (χ4n) is 0.856. The fourth-order valence-corrected chi connectivity index (χ4v) is 1.12. The fraction of sp³-hybridized carbons (Fsp3) is 0.875. The van der Waals surface area contributed by atoms with E-state index in [1.807, 2.05) is 0 Å². The third-order valence-electron chi connectivity index (χ3n) is 1.55. The molecule has 0 saturated carbocycles. The van der Waals surface area contributed by atoms with Gasteiger partial charge in [-0.1, -0.05) is 19.8 Å².